The molecule has 5 heteroatoms. The molecule has 0 amide bonds. The van der Waals surface area contributed by atoms with E-state index in [1.54, 1.807) is 24.4 Å². The highest BCUT2D eigenvalue weighted by molar-refractivity contribution is 6.01. The van der Waals surface area contributed by atoms with Crippen LogP contribution in [0.2, 0.25) is 0 Å². The highest BCUT2D eigenvalue weighted by atomic mass is 16.3. The molecule has 0 saturated carbocycles. The first kappa shape index (κ1) is 20.6. The van der Waals surface area contributed by atoms with Crippen LogP contribution in [0.4, 0.5) is 0 Å². The van der Waals surface area contributed by atoms with Gasteiger partial charge in [-0.2, -0.15) is 0 Å². The number of aromatic hydroxyl groups is 1. The molecule has 0 bridgehead atoms. The zero-order valence-corrected chi connectivity index (χ0v) is 17.6. The van der Waals surface area contributed by atoms with Crippen LogP contribution in [0.15, 0.2) is 94.7 Å². The summed E-state index contributed by atoms with van der Waals surface area (Å²) >= 11 is 0. The van der Waals surface area contributed by atoms with Crippen molar-refractivity contribution in [1.29, 1.82) is 0 Å². The molecule has 1 N–H and O–H groups in total. The number of hydrogen-bond acceptors (Lipinski definition) is 4. The highest BCUT2D eigenvalue weighted by Gasteiger charge is 2.17. The van der Waals surface area contributed by atoms with Crippen LogP contribution in [0.25, 0.3) is 16.5 Å². The molecule has 0 spiro atoms. The van der Waals surface area contributed by atoms with E-state index in [0.717, 1.165) is 0 Å². The van der Waals surface area contributed by atoms with Gasteiger partial charge in [-0.3, -0.25) is 9.79 Å². The number of likely N-dealkylation sites (N-methyl/N-ethyl adjacent to an activating group) is 1. The Kier molecular flexibility index (Phi) is 5.96. The van der Waals surface area contributed by atoms with Gasteiger partial charge in [-0.25, -0.2) is 4.57 Å². The van der Waals surface area contributed by atoms with Crippen LogP contribution in [0.3, 0.4) is 0 Å². The predicted molar refractivity (Wildman–Crippen MR) is 127 cm³/mol. The number of para-hydroxylation sites is 1. The van der Waals surface area contributed by atoms with Gasteiger partial charge in [0.2, 0.25) is 5.88 Å². The Labute approximate surface area is 181 Å². The maximum Gasteiger partial charge on any atom is 0.265 e. The molecule has 1 atom stereocenters. The smallest absolute Gasteiger partial charge is 0.265 e. The van der Waals surface area contributed by atoms with Gasteiger partial charge < -0.3 is 10.0 Å². The molecule has 0 fully saturated rings. The summed E-state index contributed by atoms with van der Waals surface area (Å²) in [6, 6.07) is 26.8. The van der Waals surface area contributed by atoms with Crippen molar-refractivity contribution in [2.24, 2.45) is 4.99 Å². The van der Waals surface area contributed by atoms with Gasteiger partial charge in [0, 0.05) is 17.0 Å². The molecule has 0 saturated heterocycles. The van der Waals surface area contributed by atoms with Crippen LogP contribution >= 0.6 is 0 Å². The zero-order valence-electron chi connectivity index (χ0n) is 17.6. The molecule has 0 radical (unpaired) electrons. The van der Waals surface area contributed by atoms with Gasteiger partial charge in [-0.05, 0) is 37.9 Å². The summed E-state index contributed by atoms with van der Waals surface area (Å²) in [4.78, 5) is 19.9. The van der Waals surface area contributed by atoms with Gasteiger partial charge in [0.1, 0.15) is 0 Å². The number of aromatic nitrogens is 1. The number of nitrogens with zero attached hydrogens (tertiary/aromatic N) is 3. The van der Waals surface area contributed by atoms with Crippen LogP contribution < -0.4 is 5.56 Å². The molecular weight excluding hydrogens is 386 g/mol. The number of fused-ring (bicyclic) bond motifs is 1. The van der Waals surface area contributed by atoms with E-state index in [9.17, 15) is 9.90 Å². The van der Waals surface area contributed by atoms with Crippen LogP contribution in [0.1, 0.15) is 17.2 Å². The molecule has 4 aromatic rings. The van der Waals surface area contributed by atoms with Gasteiger partial charge in [-0.15, -0.1) is 0 Å². The first-order valence-corrected chi connectivity index (χ1v) is 10.2. The van der Waals surface area contributed by atoms with E-state index in [-0.39, 0.29) is 17.5 Å². The van der Waals surface area contributed by atoms with Crippen molar-refractivity contribution in [3.63, 3.8) is 0 Å². The Hall–Kier alpha value is -3.70. The van der Waals surface area contributed by atoms with Gasteiger partial charge in [0.05, 0.1) is 23.8 Å². The second kappa shape index (κ2) is 8.98. The molecule has 5 nitrogen and oxygen atoms in total. The van der Waals surface area contributed by atoms with E-state index in [2.05, 4.69) is 22.0 Å². The van der Waals surface area contributed by atoms with Gasteiger partial charge >= 0.3 is 0 Å². The third-order valence-corrected chi connectivity index (χ3v) is 5.42. The minimum absolute atomic E-state index is 0.103. The number of hydrogen-bond donors (Lipinski definition) is 1. The van der Waals surface area contributed by atoms with Gasteiger partial charge in [-0.1, -0.05) is 66.7 Å². The molecule has 1 heterocycles. The lowest BCUT2D eigenvalue weighted by molar-refractivity contribution is 0.307. The fourth-order valence-electron chi connectivity index (χ4n) is 3.79. The van der Waals surface area contributed by atoms with Crippen LogP contribution in [-0.2, 0) is 0 Å². The summed E-state index contributed by atoms with van der Waals surface area (Å²) in [6.07, 6.45) is 1.68. The van der Waals surface area contributed by atoms with E-state index in [1.165, 1.54) is 10.1 Å². The van der Waals surface area contributed by atoms with Crippen molar-refractivity contribution in [2.75, 3.05) is 20.6 Å². The second-order valence-electron chi connectivity index (χ2n) is 7.64. The third-order valence-electron chi connectivity index (χ3n) is 5.42. The molecule has 156 valence electrons. The van der Waals surface area contributed by atoms with Crippen LogP contribution in [-0.4, -0.2) is 41.4 Å². The van der Waals surface area contributed by atoms with Gasteiger partial charge in [0.15, 0.2) is 0 Å². The fraction of sp³-hybridized carbons (Fsp3) is 0.154. The largest absolute Gasteiger partial charge is 0.494 e. The van der Waals surface area contributed by atoms with E-state index < -0.39 is 0 Å². The standard InChI is InChI=1S/C26H25N3O2/c1-28(2)24(19-11-5-3-6-12-19)18-27-17-23-21-15-9-10-16-22(21)25(30)29(26(23)31)20-13-7-4-8-14-20/h3-17,24,31H,18H2,1-2H3. The van der Waals surface area contributed by atoms with Crippen molar-refractivity contribution in [3.8, 4) is 11.6 Å². The molecular formula is C26H25N3O2. The Morgan fingerprint density at radius 1 is 0.903 bits per heavy atom. The van der Waals surface area contributed by atoms with E-state index in [4.69, 9.17) is 0 Å². The maximum atomic E-state index is 13.1. The maximum absolute atomic E-state index is 13.1. The summed E-state index contributed by atoms with van der Waals surface area (Å²) in [6.45, 7) is 0.523. The number of pyridine rings is 1. The Morgan fingerprint density at radius 3 is 2.13 bits per heavy atom. The van der Waals surface area contributed by atoms with Crippen LogP contribution in [0.5, 0.6) is 5.88 Å². The molecule has 0 aliphatic heterocycles. The monoisotopic (exact) mass is 411 g/mol. The summed E-state index contributed by atoms with van der Waals surface area (Å²) in [5, 5.41) is 12.3. The lowest BCUT2D eigenvalue weighted by atomic mass is 10.1. The molecule has 1 unspecified atom stereocenters. The summed E-state index contributed by atoms with van der Waals surface area (Å²) in [5.74, 6) is -0.111. The van der Waals surface area contributed by atoms with E-state index in [0.29, 0.717) is 28.6 Å². The average Bonchev–Trinajstić information content (AvgIpc) is 2.80. The van der Waals surface area contributed by atoms with Crippen molar-refractivity contribution in [2.45, 2.75) is 6.04 Å². The molecule has 0 aliphatic rings. The lowest BCUT2D eigenvalue weighted by Gasteiger charge is -2.23. The van der Waals surface area contributed by atoms with Gasteiger partial charge in [0.25, 0.3) is 5.56 Å². The third kappa shape index (κ3) is 4.13. The minimum Gasteiger partial charge on any atom is -0.494 e. The molecule has 1 aromatic heterocycles. The SMILES string of the molecule is CN(C)C(CN=Cc1c(O)n(-c2ccccc2)c(=O)c2ccccc12)c1ccccc1. The molecule has 4 rings (SSSR count). The first-order chi connectivity index (χ1) is 15.1. The number of benzene rings is 3. The highest BCUT2D eigenvalue weighted by Crippen LogP contribution is 2.26. The second-order valence-corrected chi connectivity index (χ2v) is 7.64. The average molecular weight is 412 g/mol. The summed E-state index contributed by atoms with van der Waals surface area (Å²) in [7, 11) is 4.05. The Morgan fingerprint density at radius 2 is 1.48 bits per heavy atom. The van der Waals surface area contributed by atoms with Crippen LogP contribution in [0, 0.1) is 0 Å². The van der Waals surface area contributed by atoms with E-state index >= 15 is 0 Å². The number of rotatable bonds is 6. The molecule has 31 heavy (non-hydrogen) atoms. The fourth-order valence-corrected chi connectivity index (χ4v) is 3.79. The molecule has 0 aliphatic carbocycles. The zero-order chi connectivity index (χ0) is 21.8. The van der Waals surface area contributed by atoms with Crippen molar-refractivity contribution in [3.05, 3.63) is 106 Å². The van der Waals surface area contributed by atoms with Crippen molar-refractivity contribution >= 4 is 17.0 Å². The summed E-state index contributed by atoms with van der Waals surface area (Å²) in [5.41, 5.74) is 2.06. The minimum atomic E-state index is -0.257. The number of aliphatic imine (C=N–C) groups is 1. The Balaban J connectivity index is 1.79. The lowest BCUT2D eigenvalue weighted by Crippen LogP contribution is -2.22. The predicted octanol–water partition coefficient (Wildman–Crippen LogP) is 4.42. The topological polar surface area (TPSA) is 57.8 Å². The van der Waals surface area contributed by atoms with Crippen molar-refractivity contribution < 1.29 is 5.11 Å². The Bertz CT molecular complexity index is 1260. The molecule has 3 aromatic carbocycles. The van der Waals surface area contributed by atoms with E-state index in [1.807, 2.05) is 68.7 Å². The normalized spacial score (nSPS) is 12.6. The summed E-state index contributed by atoms with van der Waals surface area (Å²) < 4.78 is 1.34. The first-order valence-electron chi connectivity index (χ1n) is 10.2. The van der Waals surface area contributed by atoms with Crippen molar-refractivity contribution in [1.82, 2.24) is 9.47 Å². The quantitative estimate of drug-likeness (QED) is 0.478.